The van der Waals surface area contributed by atoms with Crippen LogP contribution in [0.25, 0.3) is 0 Å². The molecule has 0 saturated heterocycles. The van der Waals surface area contributed by atoms with Crippen LogP contribution in [-0.2, 0) is 4.74 Å². The molecule has 0 rings (SSSR count). The van der Waals surface area contributed by atoms with Crippen LogP contribution in [0.4, 0.5) is 4.79 Å². The van der Waals surface area contributed by atoms with Crippen molar-refractivity contribution in [2.75, 3.05) is 6.61 Å². The summed E-state index contributed by atoms with van der Waals surface area (Å²) in [5.41, 5.74) is 6.59. The van der Waals surface area contributed by atoms with Crippen molar-refractivity contribution in [1.29, 1.82) is 0 Å². The highest BCUT2D eigenvalue weighted by molar-refractivity contribution is 5.63. The molecule has 0 atom stereocenters. The fraction of sp³-hybridized carbons (Fsp3) is 0.941. The van der Waals surface area contributed by atoms with Gasteiger partial charge in [-0.1, -0.05) is 90.4 Å². The highest BCUT2D eigenvalue weighted by Gasteiger charge is 1.96. The third kappa shape index (κ3) is 17.3. The number of nitrogens with one attached hydrogen (secondary N) is 1. The summed E-state index contributed by atoms with van der Waals surface area (Å²) >= 11 is 0. The minimum absolute atomic E-state index is 0.417. The van der Waals surface area contributed by atoms with Crippen molar-refractivity contribution < 1.29 is 9.53 Å². The zero-order chi connectivity index (χ0) is 14.9. The zero-order valence-electron chi connectivity index (χ0n) is 13.4. The molecular formula is C17H34NO2. The Balaban J connectivity index is 2.94. The van der Waals surface area contributed by atoms with Crippen LogP contribution in [0.1, 0.15) is 96.8 Å². The van der Waals surface area contributed by atoms with Gasteiger partial charge in [-0.2, -0.15) is 0 Å². The summed E-state index contributed by atoms with van der Waals surface area (Å²) in [6.45, 7) is 2.68. The minimum atomic E-state index is -0.903. The first-order chi connectivity index (χ1) is 9.77. The van der Waals surface area contributed by atoms with Crippen LogP contribution >= 0.6 is 0 Å². The predicted molar refractivity (Wildman–Crippen MR) is 84.8 cm³/mol. The second-order valence-corrected chi connectivity index (χ2v) is 5.73. The van der Waals surface area contributed by atoms with Gasteiger partial charge >= 0.3 is 6.09 Å². The molecular weight excluding hydrogens is 250 g/mol. The Labute approximate surface area is 125 Å². The van der Waals surface area contributed by atoms with Crippen molar-refractivity contribution in [2.45, 2.75) is 96.8 Å². The molecule has 3 nitrogen and oxygen atoms in total. The Hall–Kier alpha value is -0.730. The molecule has 3 heteroatoms. The molecule has 0 bridgehead atoms. The number of amides is 1. The molecule has 1 N–H and O–H groups in total. The van der Waals surface area contributed by atoms with Crippen LogP contribution in [0.2, 0.25) is 0 Å². The summed E-state index contributed by atoms with van der Waals surface area (Å²) in [4.78, 5) is 10.2. The van der Waals surface area contributed by atoms with E-state index in [-0.39, 0.29) is 0 Å². The number of carbonyl (C=O) groups is 1. The maximum absolute atomic E-state index is 10.2. The van der Waals surface area contributed by atoms with Gasteiger partial charge in [-0.3, -0.25) is 0 Å². The molecule has 0 unspecified atom stereocenters. The van der Waals surface area contributed by atoms with Gasteiger partial charge in [0.05, 0.1) is 6.61 Å². The van der Waals surface area contributed by atoms with E-state index in [1.54, 1.807) is 0 Å². The van der Waals surface area contributed by atoms with Gasteiger partial charge in [0.1, 0.15) is 0 Å². The van der Waals surface area contributed by atoms with E-state index < -0.39 is 6.09 Å². The average molecular weight is 284 g/mol. The lowest BCUT2D eigenvalue weighted by molar-refractivity contribution is 0.152. The fourth-order valence-electron chi connectivity index (χ4n) is 2.46. The molecule has 1 radical (unpaired) electrons. The number of unbranched alkanes of at least 4 members (excludes halogenated alkanes) is 13. The molecule has 0 aliphatic heterocycles. The molecule has 20 heavy (non-hydrogen) atoms. The van der Waals surface area contributed by atoms with Crippen molar-refractivity contribution >= 4 is 6.09 Å². The van der Waals surface area contributed by atoms with Crippen molar-refractivity contribution in [2.24, 2.45) is 0 Å². The van der Waals surface area contributed by atoms with Crippen LogP contribution in [-0.4, -0.2) is 12.7 Å². The molecule has 0 aromatic carbocycles. The molecule has 0 aromatic rings. The fourth-order valence-corrected chi connectivity index (χ4v) is 2.46. The number of carbonyl (C=O) groups excluding carboxylic acids is 1. The van der Waals surface area contributed by atoms with E-state index in [1.165, 1.54) is 77.0 Å². The summed E-state index contributed by atoms with van der Waals surface area (Å²) < 4.78 is 4.58. The standard InChI is InChI=1S/C17H34NO2/c1-2-3-4-5-6-7-8-9-10-11-12-13-14-15-16-20-17(18)19/h18H,2-16H2,1H3. The van der Waals surface area contributed by atoms with E-state index in [2.05, 4.69) is 11.7 Å². The first-order valence-electron chi connectivity index (χ1n) is 8.65. The van der Waals surface area contributed by atoms with Gasteiger partial charge in [-0.05, 0) is 6.42 Å². The Bertz CT molecular complexity index is 207. The monoisotopic (exact) mass is 284 g/mol. The van der Waals surface area contributed by atoms with Crippen LogP contribution in [0.5, 0.6) is 0 Å². The quantitative estimate of drug-likeness (QED) is 0.352. The van der Waals surface area contributed by atoms with E-state index >= 15 is 0 Å². The molecule has 0 fully saturated rings. The molecule has 119 valence electrons. The highest BCUT2D eigenvalue weighted by Crippen LogP contribution is 2.12. The van der Waals surface area contributed by atoms with Crippen molar-refractivity contribution in [3.8, 4) is 0 Å². The number of rotatable bonds is 15. The Morgan fingerprint density at radius 1 is 0.700 bits per heavy atom. The van der Waals surface area contributed by atoms with E-state index in [0.717, 1.165) is 12.8 Å². The molecule has 0 spiro atoms. The largest absolute Gasteiger partial charge is 0.448 e. The van der Waals surface area contributed by atoms with Crippen LogP contribution in [0, 0.1) is 0 Å². The van der Waals surface area contributed by atoms with Crippen LogP contribution in [0.3, 0.4) is 0 Å². The third-order valence-corrected chi connectivity index (χ3v) is 3.73. The average Bonchev–Trinajstić information content (AvgIpc) is 2.43. The Kier molecular flexibility index (Phi) is 15.7. The van der Waals surface area contributed by atoms with Gasteiger partial charge in [-0.25, -0.2) is 10.5 Å². The van der Waals surface area contributed by atoms with E-state index in [1.807, 2.05) is 0 Å². The lowest BCUT2D eigenvalue weighted by Crippen LogP contribution is -2.03. The minimum Gasteiger partial charge on any atom is -0.448 e. The van der Waals surface area contributed by atoms with Gasteiger partial charge in [0.15, 0.2) is 0 Å². The summed E-state index contributed by atoms with van der Waals surface area (Å²) in [7, 11) is 0. The number of hydrogen-bond acceptors (Lipinski definition) is 2. The first-order valence-corrected chi connectivity index (χ1v) is 8.65. The summed E-state index contributed by atoms with van der Waals surface area (Å²) in [6.07, 6.45) is 17.6. The maximum Gasteiger partial charge on any atom is 0.426 e. The van der Waals surface area contributed by atoms with E-state index in [0.29, 0.717) is 6.61 Å². The van der Waals surface area contributed by atoms with Crippen molar-refractivity contribution in [1.82, 2.24) is 5.73 Å². The Morgan fingerprint density at radius 3 is 1.40 bits per heavy atom. The number of hydrogen-bond donors (Lipinski definition) is 0. The van der Waals surface area contributed by atoms with Crippen molar-refractivity contribution in [3.63, 3.8) is 0 Å². The summed E-state index contributed by atoms with van der Waals surface area (Å²) in [5, 5.41) is 0. The smallest absolute Gasteiger partial charge is 0.426 e. The molecule has 0 heterocycles. The van der Waals surface area contributed by atoms with Gasteiger partial charge in [0, 0.05) is 0 Å². The van der Waals surface area contributed by atoms with Gasteiger partial charge in [0.2, 0.25) is 0 Å². The second-order valence-electron chi connectivity index (χ2n) is 5.73. The van der Waals surface area contributed by atoms with Gasteiger partial charge < -0.3 is 4.74 Å². The summed E-state index contributed by atoms with van der Waals surface area (Å²) in [5.74, 6) is 0. The van der Waals surface area contributed by atoms with E-state index in [9.17, 15) is 4.79 Å². The lowest BCUT2D eigenvalue weighted by Gasteiger charge is -2.03. The highest BCUT2D eigenvalue weighted by atomic mass is 16.5. The third-order valence-electron chi connectivity index (χ3n) is 3.73. The second kappa shape index (κ2) is 16.3. The van der Waals surface area contributed by atoms with Crippen molar-refractivity contribution in [3.05, 3.63) is 0 Å². The van der Waals surface area contributed by atoms with Crippen LogP contribution < -0.4 is 5.73 Å². The van der Waals surface area contributed by atoms with Crippen LogP contribution in [0.15, 0.2) is 0 Å². The topological polar surface area (TPSA) is 50.1 Å². The first kappa shape index (κ1) is 19.3. The molecule has 0 aromatic heterocycles. The predicted octanol–water partition coefficient (Wildman–Crippen LogP) is 5.89. The molecule has 0 aliphatic carbocycles. The normalized spacial score (nSPS) is 10.7. The molecule has 1 amide bonds. The van der Waals surface area contributed by atoms with Gasteiger partial charge in [-0.15, -0.1) is 0 Å². The summed E-state index contributed by atoms with van der Waals surface area (Å²) in [6, 6.07) is 0. The Morgan fingerprint density at radius 2 is 1.05 bits per heavy atom. The van der Waals surface area contributed by atoms with E-state index in [4.69, 9.17) is 5.73 Å². The zero-order valence-corrected chi connectivity index (χ0v) is 13.4. The molecule has 0 saturated carbocycles. The lowest BCUT2D eigenvalue weighted by atomic mass is 10.0. The van der Waals surface area contributed by atoms with Gasteiger partial charge in [0.25, 0.3) is 0 Å². The maximum atomic E-state index is 10.2. The molecule has 0 aliphatic rings. The SMILES string of the molecule is CCCCCCCCCCCCCCCCOC([NH])=O. The number of ether oxygens (including phenoxy) is 1.